The Morgan fingerprint density at radius 2 is 1.86 bits per heavy atom. The number of fused-ring (bicyclic) bond motifs is 2. The van der Waals surface area contributed by atoms with Gasteiger partial charge in [-0.15, -0.1) is 0 Å². The van der Waals surface area contributed by atoms with Crippen LogP contribution in [0, 0.1) is 5.82 Å². The highest BCUT2D eigenvalue weighted by atomic mass is 19.1. The van der Waals surface area contributed by atoms with Gasteiger partial charge in [-0.2, -0.15) is 5.10 Å². The number of methoxy groups -OCH3 is 1. The number of anilines is 1. The summed E-state index contributed by atoms with van der Waals surface area (Å²) in [5, 5.41) is 11.4. The van der Waals surface area contributed by atoms with Gasteiger partial charge in [-0.3, -0.25) is 19.6 Å². The van der Waals surface area contributed by atoms with E-state index in [0.717, 1.165) is 27.7 Å². The second-order valence-corrected chi connectivity index (χ2v) is 12.6. The zero-order chi connectivity index (χ0) is 34.2. The third-order valence-corrected chi connectivity index (χ3v) is 9.64. The molecular weight excluding hydrogens is 641 g/mol. The average molecular weight is 676 g/mol. The highest BCUT2D eigenvalue weighted by molar-refractivity contribution is 6.01. The van der Waals surface area contributed by atoms with Crippen LogP contribution in [0.2, 0.25) is 0 Å². The van der Waals surface area contributed by atoms with Crippen molar-refractivity contribution in [2.75, 3.05) is 51.9 Å². The summed E-state index contributed by atoms with van der Waals surface area (Å²) in [5.41, 5.74) is 3.88. The number of carbonyl (C=O) groups is 2. The summed E-state index contributed by atoms with van der Waals surface area (Å²) >= 11 is 0. The summed E-state index contributed by atoms with van der Waals surface area (Å²) in [7, 11) is 1.53. The zero-order valence-corrected chi connectivity index (χ0v) is 27.3. The predicted molar refractivity (Wildman–Crippen MR) is 184 cm³/mol. The molecule has 50 heavy (non-hydrogen) atoms. The Morgan fingerprint density at radius 1 is 1.02 bits per heavy atom. The van der Waals surface area contributed by atoms with Crippen molar-refractivity contribution < 1.29 is 28.2 Å². The van der Waals surface area contributed by atoms with Gasteiger partial charge in [0.2, 0.25) is 12.7 Å². The quantitative estimate of drug-likeness (QED) is 0.236. The van der Waals surface area contributed by atoms with Crippen molar-refractivity contribution in [3.05, 3.63) is 90.5 Å². The first-order chi connectivity index (χ1) is 24.4. The highest BCUT2D eigenvalue weighted by Gasteiger charge is 2.45. The van der Waals surface area contributed by atoms with Gasteiger partial charge in [0.1, 0.15) is 11.5 Å². The highest BCUT2D eigenvalue weighted by Crippen LogP contribution is 2.38. The van der Waals surface area contributed by atoms with Crippen molar-refractivity contribution in [2.45, 2.75) is 18.4 Å². The summed E-state index contributed by atoms with van der Waals surface area (Å²) in [6.07, 6.45) is 6.12. The number of rotatable bonds is 8. The molecule has 0 unspecified atom stereocenters. The van der Waals surface area contributed by atoms with Crippen molar-refractivity contribution in [3.63, 3.8) is 0 Å². The van der Waals surface area contributed by atoms with Crippen molar-refractivity contribution in [2.24, 2.45) is 0 Å². The van der Waals surface area contributed by atoms with E-state index in [4.69, 9.17) is 14.2 Å². The summed E-state index contributed by atoms with van der Waals surface area (Å²) in [6.45, 7) is 1.99. The van der Waals surface area contributed by atoms with Crippen LogP contribution in [0.1, 0.15) is 18.4 Å². The molecule has 0 spiro atoms. The lowest BCUT2D eigenvalue weighted by Gasteiger charge is -2.30. The van der Waals surface area contributed by atoms with Crippen LogP contribution in [-0.2, 0) is 14.3 Å². The smallest absolute Gasteiger partial charge is 0.258 e. The van der Waals surface area contributed by atoms with Gasteiger partial charge in [0.15, 0.2) is 22.9 Å². The SMILES string of the molecule is CO[C@@]1(C(=O)Nc2ccc3[nH]nc(-c4ccc5c(c4)OCO5)c3c2)CCN(CC(=O)N2CC=C(c3ccc(-c4ncccn4)cc3F)CC2)C1. The normalized spacial score (nSPS) is 18.8. The van der Waals surface area contributed by atoms with E-state index in [1.54, 1.807) is 29.4 Å². The Hall–Kier alpha value is -5.66. The molecule has 0 bridgehead atoms. The van der Waals surface area contributed by atoms with Crippen LogP contribution in [0.5, 0.6) is 11.5 Å². The van der Waals surface area contributed by atoms with Gasteiger partial charge in [-0.25, -0.2) is 14.4 Å². The van der Waals surface area contributed by atoms with E-state index in [0.29, 0.717) is 66.6 Å². The minimum absolute atomic E-state index is 0.0499. The molecule has 2 aromatic heterocycles. The number of nitrogens with one attached hydrogen (secondary N) is 2. The topological polar surface area (TPSA) is 135 Å². The zero-order valence-electron chi connectivity index (χ0n) is 27.3. The van der Waals surface area contributed by atoms with Crippen LogP contribution in [0.15, 0.2) is 79.1 Å². The van der Waals surface area contributed by atoms with E-state index in [9.17, 15) is 9.59 Å². The Morgan fingerprint density at radius 3 is 2.66 bits per heavy atom. The molecule has 0 radical (unpaired) electrons. The van der Waals surface area contributed by atoms with Crippen LogP contribution in [0.4, 0.5) is 10.1 Å². The van der Waals surface area contributed by atoms with Crippen molar-refractivity contribution >= 4 is 34.0 Å². The van der Waals surface area contributed by atoms with E-state index in [2.05, 4.69) is 25.5 Å². The lowest BCUT2D eigenvalue weighted by molar-refractivity contribution is -0.138. The fourth-order valence-corrected chi connectivity index (χ4v) is 6.83. The van der Waals surface area contributed by atoms with Gasteiger partial charge < -0.3 is 24.4 Å². The first kappa shape index (κ1) is 31.6. The number of ether oxygens (including phenoxy) is 3. The number of aromatic nitrogens is 4. The van der Waals surface area contributed by atoms with Crippen LogP contribution in [0.25, 0.3) is 39.1 Å². The van der Waals surface area contributed by atoms with Crippen LogP contribution >= 0.6 is 0 Å². The van der Waals surface area contributed by atoms with Crippen LogP contribution in [0.3, 0.4) is 0 Å². The molecule has 3 aromatic carbocycles. The van der Waals surface area contributed by atoms with Gasteiger partial charge in [0.25, 0.3) is 5.91 Å². The fourth-order valence-electron chi connectivity index (χ4n) is 6.83. The number of hydrogen-bond donors (Lipinski definition) is 2. The third-order valence-electron chi connectivity index (χ3n) is 9.64. The standard InChI is InChI=1S/C37H34FN7O5/c1-48-37(36(47)41-26-5-7-30-28(19-26)34(43-42-30)24-4-8-31-32(18-24)50-22-49-31)11-16-44(21-37)20-33(46)45-14-9-23(10-15-45)27-6-3-25(17-29(27)38)35-39-12-2-13-40-35/h2-9,12-13,17-19H,10-11,14-16,20-22H2,1H3,(H,41,47)(H,42,43)/t37-/m0/s1. The number of nitrogens with zero attached hydrogens (tertiary/aromatic N) is 5. The lowest BCUT2D eigenvalue weighted by Crippen LogP contribution is -2.48. The number of halogens is 1. The van der Waals surface area contributed by atoms with E-state index in [-0.39, 0.29) is 37.5 Å². The Balaban J connectivity index is 0.895. The first-order valence-corrected chi connectivity index (χ1v) is 16.4. The van der Waals surface area contributed by atoms with Gasteiger partial charge in [0.05, 0.1) is 12.1 Å². The molecule has 5 heterocycles. The van der Waals surface area contributed by atoms with Crippen molar-refractivity contribution in [1.82, 2.24) is 30.0 Å². The molecule has 13 heteroatoms. The van der Waals surface area contributed by atoms with E-state index < -0.39 is 5.60 Å². The van der Waals surface area contributed by atoms with E-state index >= 15 is 4.39 Å². The van der Waals surface area contributed by atoms with E-state index in [1.807, 2.05) is 53.4 Å². The molecule has 3 aliphatic heterocycles. The molecule has 1 fully saturated rings. The molecule has 12 nitrogen and oxygen atoms in total. The van der Waals surface area contributed by atoms with Crippen molar-refractivity contribution in [1.29, 1.82) is 0 Å². The van der Waals surface area contributed by atoms with E-state index in [1.165, 1.54) is 13.2 Å². The average Bonchev–Trinajstić information content (AvgIpc) is 3.91. The van der Waals surface area contributed by atoms with Crippen molar-refractivity contribution in [3.8, 4) is 34.1 Å². The maximum absolute atomic E-state index is 15.1. The molecule has 2 amide bonds. The number of aromatic amines is 1. The summed E-state index contributed by atoms with van der Waals surface area (Å²) in [4.78, 5) is 39.1. The number of hydrogen-bond acceptors (Lipinski definition) is 9. The summed E-state index contributed by atoms with van der Waals surface area (Å²) in [6, 6.07) is 17.9. The van der Waals surface area contributed by atoms with Crippen LogP contribution in [-0.4, -0.2) is 94.0 Å². The molecule has 1 saturated heterocycles. The Labute approximate surface area is 286 Å². The van der Waals surface area contributed by atoms with Crippen LogP contribution < -0.4 is 14.8 Å². The Kier molecular flexibility index (Phi) is 8.21. The second-order valence-electron chi connectivity index (χ2n) is 12.6. The second kappa shape index (κ2) is 13.0. The fraction of sp³-hybridized carbons (Fsp3) is 0.270. The third kappa shape index (κ3) is 5.94. The molecule has 8 rings (SSSR count). The maximum atomic E-state index is 15.1. The molecule has 0 aliphatic carbocycles. The number of benzene rings is 3. The molecule has 1 atom stereocenters. The number of carbonyl (C=O) groups excluding carboxylic acids is 2. The molecular formula is C37H34FN7O5. The minimum Gasteiger partial charge on any atom is -0.454 e. The maximum Gasteiger partial charge on any atom is 0.258 e. The molecule has 0 saturated carbocycles. The predicted octanol–water partition coefficient (Wildman–Crippen LogP) is 4.90. The number of H-pyrrole nitrogens is 1. The summed E-state index contributed by atoms with van der Waals surface area (Å²) < 4.78 is 31.9. The molecule has 3 aliphatic rings. The molecule has 5 aromatic rings. The monoisotopic (exact) mass is 675 g/mol. The lowest BCUT2D eigenvalue weighted by atomic mass is 9.97. The number of likely N-dealkylation sites (tertiary alicyclic amines) is 1. The molecule has 2 N–H and O–H groups in total. The molecule has 254 valence electrons. The van der Waals surface area contributed by atoms with Gasteiger partial charge in [0, 0.05) is 73.4 Å². The minimum atomic E-state index is -1.12. The largest absolute Gasteiger partial charge is 0.454 e. The van der Waals surface area contributed by atoms with Gasteiger partial charge in [-0.1, -0.05) is 18.2 Å². The number of amides is 2. The summed E-state index contributed by atoms with van der Waals surface area (Å²) in [5.74, 6) is 1.14. The van der Waals surface area contributed by atoms with Gasteiger partial charge in [-0.05, 0) is 66.9 Å². The Bertz CT molecular complexity index is 2140. The first-order valence-electron chi connectivity index (χ1n) is 16.4. The van der Waals surface area contributed by atoms with Gasteiger partial charge >= 0.3 is 0 Å².